The van der Waals surface area contributed by atoms with Crippen LogP contribution in [-0.4, -0.2) is 46.2 Å². The van der Waals surface area contributed by atoms with Crippen LogP contribution in [0.5, 0.6) is 0 Å². The zero-order valence-corrected chi connectivity index (χ0v) is 19.0. The van der Waals surface area contributed by atoms with Gasteiger partial charge in [0.05, 0.1) is 27.8 Å². The van der Waals surface area contributed by atoms with Gasteiger partial charge in [-0.05, 0) is 37.6 Å². The molecule has 2 atom stereocenters. The third-order valence-corrected chi connectivity index (χ3v) is 6.92. The van der Waals surface area contributed by atoms with Crippen molar-refractivity contribution in [2.45, 2.75) is 30.8 Å². The fourth-order valence-electron chi connectivity index (χ4n) is 2.97. The lowest BCUT2D eigenvalue weighted by Crippen LogP contribution is -2.48. The molecule has 2 rings (SSSR count). The van der Waals surface area contributed by atoms with Gasteiger partial charge < -0.3 is 5.32 Å². The van der Waals surface area contributed by atoms with Gasteiger partial charge in [0, 0.05) is 18.4 Å². The number of carbonyl (C=O) groups excluding carboxylic acids is 1. The Morgan fingerprint density at radius 3 is 2.10 bits per heavy atom. The molecule has 1 amide bonds. The number of amides is 1. The summed E-state index contributed by atoms with van der Waals surface area (Å²) in [6.45, 7) is 3.03. The molecule has 0 saturated heterocycles. The number of nitro benzene ring substituents is 1. The molecule has 31 heavy (non-hydrogen) atoms. The molecule has 0 aliphatic rings. The van der Waals surface area contributed by atoms with Gasteiger partial charge in [0.1, 0.15) is 6.04 Å². The molecular weight excluding hydrogens is 446 g/mol. The van der Waals surface area contributed by atoms with Crippen LogP contribution in [0, 0.1) is 10.1 Å². The van der Waals surface area contributed by atoms with Crippen LogP contribution in [0.15, 0.2) is 53.4 Å². The number of rotatable bonds is 8. The molecule has 2 aromatic carbocycles. The SMILES string of the molecule is CC(NC(=O)C(C)N(c1cccc([N+](=O)[O-])c1)S(C)(=O)=O)c1ccc(S(C)(=O)=O)cc1. The molecule has 0 aliphatic heterocycles. The molecular formula is C19H23N3O7S2. The summed E-state index contributed by atoms with van der Waals surface area (Å²) in [5.74, 6) is -0.628. The number of carbonyl (C=O) groups is 1. The highest BCUT2D eigenvalue weighted by Crippen LogP contribution is 2.26. The number of sulfonamides is 1. The lowest BCUT2D eigenvalue weighted by atomic mass is 10.1. The molecule has 1 N–H and O–H groups in total. The van der Waals surface area contributed by atoms with E-state index in [0.717, 1.165) is 22.9 Å². The van der Waals surface area contributed by atoms with Gasteiger partial charge in [0.15, 0.2) is 9.84 Å². The van der Waals surface area contributed by atoms with Gasteiger partial charge in [0.25, 0.3) is 5.69 Å². The van der Waals surface area contributed by atoms with Gasteiger partial charge in [-0.25, -0.2) is 16.8 Å². The predicted octanol–water partition coefficient (Wildman–Crippen LogP) is 2.03. The average molecular weight is 470 g/mol. The maximum absolute atomic E-state index is 12.8. The molecule has 0 heterocycles. The molecule has 2 aromatic rings. The van der Waals surface area contributed by atoms with Crippen LogP contribution >= 0.6 is 0 Å². The Bertz CT molecular complexity index is 1190. The van der Waals surface area contributed by atoms with E-state index in [1.54, 1.807) is 19.1 Å². The number of non-ortho nitro benzene ring substituents is 1. The van der Waals surface area contributed by atoms with Crippen LogP contribution in [0.25, 0.3) is 0 Å². The number of nitrogens with one attached hydrogen (secondary N) is 1. The predicted molar refractivity (Wildman–Crippen MR) is 116 cm³/mol. The standard InChI is InChI=1S/C19H23N3O7S2/c1-13(15-8-10-18(11-9-15)30(3,26)27)20-19(23)14(2)21(31(4,28)29)16-6-5-7-17(12-16)22(24)25/h5-14H,1-4H3,(H,20,23). The topological polar surface area (TPSA) is 144 Å². The van der Waals surface area contributed by atoms with E-state index in [9.17, 15) is 31.7 Å². The lowest BCUT2D eigenvalue weighted by Gasteiger charge is -2.29. The third kappa shape index (κ3) is 6.01. The Morgan fingerprint density at radius 2 is 1.61 bits per heavy atom. The molecule has 0 aliphatic carbocycles. The summed E-state index contributed by atoms with van der Waals surface area (Å²) in [6, 6.07) is 9.21. The van der Waals surface area contributed by atoms with Crippen molar-refractivity contribution in [2.24, 2.45) is 0 Å². The minimum atomic E-state index is -3.94. The molecule has 0 bridgehead atoms. The summed E-state index contributed by atoms with van der Waals surface area (Å²) in [5.41, 5.74) is 0.303. The van der Waals surface area contributed by atoms with Crippen molar-refractivity contribution in [3.8, 4) is 0 Å². The van der Waals surface area contributed by atoms with Gasteiger partial charge in [-0.15, -0.1) is 0 Å². The van der Waals surface area contributed by atoms with E-state index in [1.165, 1.54) is 37.3 Å². The third-order valence-electron chi connectivity index (χ3n) is 4.55. The first-order valence-corrected chi connectivity index (χ1v) is 12.8. The van der Waals surface area contributed by atoms with E-state index < -0.39 is 42.8 Å². The molecule has 0 aromatic heterocycles. The second-order valence-corrected chi connectivity index (χ2v) is 11.0. The van der Waals surface area contributed by atoms with Crippen LogP contribution in [0.4, 0.5) is 11.4 Å². The Kier molecular flexibility index (Phi) is 7.06. The van der Waals surface area contributed by atoms with E-state index >= 15 is 0 Å². The highest BCUT2D eigenvalue weighted by molar-refractivity contribution is 7.92. The quantitative estimate of drug-likeness (QED) is 0.460. The zero-order valence-electron chi connectivity index (χ0n) is 17.3. The minimum absolute atomic E-state index is 0.00971. The Labute approximate surface area is 181 Å². The highest BCUT2D eigenvalue weighted by Gasteiger charge is 2.30. The van der Waals surface area contributed by atoms with Crippen LogP contribution in [0.3, 0.4) is 0 Å². The number of hydrogen-bond donors (Lipinski definition) is 1. The molecule has 0 radical (unpaired) electrons. The van der Waals surface area contributed by atoms with Crippen molar-refractivity contribution in [1.29, 1.82) is 0 Å². The first-order valence-electron chi connectivity index (χ1n) is 9.06. The number of nitrogens with zero attached hydrogens (tertiary/aromatic N) is 2. The van der Waals surface area contributed by atoms with Gasteiger partial charge in [-0.2, -0.15) is 0 Å². The number of sulfone groups is 1. The maximum atomic E-state index is 12.8. The monoisotopic (exact) mass is 469 g/mol. The van der Waals surface area contributed by atoms with Crippen LogP contribution in [0.2, 0.25) is 0 Å². The first kappa shape index (κ1) is 24.3. The summed E-state index contributed by atoms with van der Waals surface area (Å²) < 4.78 is 48.7. The van der Waals surface area contributed by atoms with Crippen molar-refractivity contribution >= 4 is 37.1 Å². The summed E-state index contributed by atoms with van der Waals surface area (Å²) in [5, 5.41) is 13.7. The van der Waals surface area contributed by atoms with Crippen LogP contribution in [0.1, 0.15) is 25.5 Å². The van der Waals surface area contributed by atoms with Crippen molar-refractivity contribution in [2.75, 3.05) is 16.8 Å². The van der Waals surface area contributed by atoms with Gasteiger partial charge in [-0.1, -0.05) is 18.2 Å². The molecule has 0 spiro atoms. The van der Waals surface area contributed by atoms with E-state index in [2.05, 4.69) is 5.32 Å². The van der Waals surface area contributed by atoms with Gasteiger partial charge >= 0.3 is 0 Å². The van der Waals surface area contributed by atoms with Gasteiger partial charge in [-0.3, -0.25) is 19.2 Å². The van der Waals surface area contributed by atoms with Crippen molar-refractivity contribution < 1.29 is 26.6 Å². The fourth-order valence-corrected chi connectivity index (χ4v) is 4.77. The molecule has 0 fully saturated rings. The summed E-state index contributed by atoms with van der Waals surface area (Å²) in [4.78, 5) is 23.3. The van der Waals surface area contributed by atoms with Crippen molar-refractivity contribution in [3.05, 3.63) is 64.2 Å². The maximum Gasteiger partial charge on any atom is 0.271 e. The molecule has 0 saturated carbocycles. The zero-order chi connectivity index (χ0) is 23.6. The van der Waals surface area contributed by atoms with E-state index in [-0.39, 0.29) is 16.3 Å². The number of hydrogen-bond acceptors (Lipinski definition) is 7. The summed E-state index contributed by atoms with van der Waals surface area (Å²) >= 11 is 0. The molecule has 2 unspecified atom stereocenters. The van der Waals surface area contributed by atoms with Gasteiger partial charge in [0.2, 0.25) is 15.9 Å². The molecule has 168 valence electrons. The second-order valence-electron chi connectivity index (χ2n) is 7.08. The summed E-state index contributed by atoms with van der Waals surface area (Å²) in [7, 11) is -7.30. The van der Waals surface area contributed by atoms with Crippen molar-refractivity contribution in [3.63, 3.8) is 0 Å². The largest absolute Gasteiger partial charge is 0.348 e. The fraction of sp³-hybridized carbons (Fsp3) is 0.316. The number of anilines is 1. The number of benzene rings is 2. The minimum Gasteiger partial charge on any atom is -0.348 e. The van der Waals surface area contributed by atoms with E-state index in [1.807, 2.05) is 0 Å². The van der Waals surface area contributed by atoms with Crippen molar-refractivity contribution in [1.82, 2.24) is 5.32 Å². The number of nitro groups is 1. The van der Waals surface area contributed by atoms with E-state index in [0.29, 0.717) is 5.56 Å². The molecule has 12 heteroatoms. The second kappa shape index (κ2) is 9.02. The summed E-state index contributed by atoms with van der Waals surface area (Å²) in [6.07, 6.45) is 1.99. The Morgan fingerprint density at radius 1 is 1.03 bits per heavy atom. The Hall–Kier alpha value is -2.99. The molecule has 10 nitrogen and oxygen atoms in total. The Balaban J connectivity index is 2.27. The van der Waals surface area contributed by atoms with Crippen LogP contribution < -0.4 is 9.62 Å². The highest BCUT2D eigenvalue weighted by atomic mass is 32.2. The first-order chi connectivity index (χ1) is 14.2. The van der Waals surface area contributed by atoms with Crippen LogP contribution in [-0.2, 0) is 24.7 Å². The smallest absolute Gasteiger partial charge is 0.271 e. The normalized spacial score (nSPS) is 13.8. The lowest BCUT2D eigenvalue weighted by molar-refractivity contribution is -0.384. The van der Waals surface area contributed by atoms with E-state index in [4.69, 9.17) is 0 Å². The average Bonchev–Trinajstić information content (AvgIpc) is 2.66.